The first-order chi connectivity index (χ1) is 18.3. The van der Waals surface area contributed by atoms with Crippen molar-refractivity contribution in [2.24, 2.45) is 5.92 Å². The largest absolute Gasteiger partial charge is 0.418 e. The Labute approximate surface area is 223 Å². The van der Waals surface area contributed by atoms with Crippen molar-refractivity contribution in [2.75, 3.05) is 24.1 Å². The Morgan fingerprint density at radius 2 is 1.67 bits per heavy atom. The van der Waals surface area contributed by atoms with Crippen LogP contribution in [0.25, 0.3) is 0 Å². The van der Waals surface area contributed by atoms with Gasteiger partial charge in [0.1, 0.15) is 11.4 Å². The van der Waals surface area contributed by atoms with Crippen LogP contribution in [-0.2, 0) is 27.4 Å². The molecule has 1 atom stereocenters. The number of nitrogens with one attached hydrogen (secondary N) is 1. The van der Waals surface area contributed by atoms with E-state index in [-0.39, 0.29) is 42.9 Å². The predicted octanol–water partition coefficient (Wildman–Crippen LogP) is 4.44. The molecule has 4 rings (SSSR count). The Morgan fingerprint density at radius 3 is 2.28 bits per heavy atom. The zero-order valence-electron chi connectivity index (χ0n) is 20.7. The highest BCUT2D eigenvalue weighted by Crippen LogP contribution is 2.37. The number of nitrogen functional groups attached to an aromatic ring is 1. The van der Waals surface area contributed by atoms with E-state index in [1.807, 2.05) is 0 Å². The molecule has 0 saturated carbocycles. The lowest BCUT2D eigenvalue weighted by atomic mass is 9.76. The lowest BCUT2D eigenvalue weighted by Crippen LogP contribution is -2.54. The Kier molecular flexibility index (Phi) is 8.01. The molecular formula is C27H27F4N3O4S. The van der Waals surface area contributed by atoms with Crippen LogP contribution in [0, 0.1) is 11.7 Å². The van der Waals surface area contributed by atoms with Gasteiger partial charge < -0.3 is 16.2 Å². The van der Waals surface area contributed by atoms with Gasteiger partial charge in [0.05, 0.1) is 10.5 Å². The van der Waals surface area contributed by atoms with Gasteiger partial charge in [-0.2, -0.15) is 17.5 Å². The number of amides is 1. The predicted molar refractivity (Wildman–Crippen MR) is 137 cm³/mol. The summed E-state index contributed by atoms with van der Waals surface area (Å²) in [6, 6.07) is 16.1. The van der Waals surface area contributed by atoms with Gasteiger partial charge in [-0.1, -0.05) is 36.4 Å². The van der Waals surface area contributed by atoms with Gasteiger partial charge in [-0.3, -0.25) is 4.79 Å². The van der Waals surface area contributed by atoms with Crippen molar-refractivity contribution in [2.45, 2.75) is 35.9 Å². The zero-order valence-corrected chi connectivity index (χ0v) is 21.5. The van der Waals surface area contributed by atoms with Gasteiger partial charge in [0.25, 0.3) is 5.91 Å². The SMILES string of the molecule is Nc1ccc(NC(=O)C(O)(Cc2ccccc2)C2CCN(S(=O)(=O)c3cccc(F)c3)CC2)cc1C(F)(F)F. The third-order valence-corrected chi connectivity index (χ3v) is 8.78. The number of piperidine rings is 1. The molecule has 1 saturated heterocycles. The van der Waals surface area contributed by atoms with Crippen LogP contribution in [0.4, 0.5) is 28.9 Å². The van der Waals surface area contributed by atoms with E-state index in [0.717, 1.165) is 22.5 Å². The van der Waals surface area contributed by atoms with Crippen LogP contribution in [0.2, 0.25) is 0 Å². The number of hydrogen-bond donors (Lipinski definition) is 3. The number of carbonyl (C=O) groups is 1. The number of aliphatic hydroxyl groups is 1. The maximum absolute atomic E-state index is 13.6. The molecule has 1 fully saturated rings. The molecule has 39 heavy (non-hydrogen) atoms. The first-order valence-corrected chi connectivity index (χ1v) is 13.5. The van der Waals surface area contributed by atoms with Crippen molar-refractivity contribution in [3.8, 4) is 0 Å². The van der Waals surface area contributed by atoms with Gasteiger partial charge in [-0.15, -0.1) is 0 Å². The van der Waals surface area contributed by atoms with E-state index in [9.17, 15) is 35.9 Å². The molecule has 1 heterocycles. The molecule has 208 valence electrons. The Morgan fingerprint density at radius 1 is 1.00 bits per heavy atom. The maximum Gasteiger partial charge on any atom is 0.418 e. The van der Waals surface area contributed by atoms with E-state index >= 15 is 0 Å². The second-order valence-electron chi connectivity index (χ2n) is 9.48. The van der Waals surface area contributed by atoms with E-state index in [1.54, 1.807) is 30.3 Å². The molecule has 0 aliphatic carbocycles. The Balaban J connectivity index is 1.58. The third kappa shape index (κ3) is 6.23. The number of alkyl halides is 3. The van der Waals surface area contributed by atoms with Crippen molar-refractivity contribution in [3.63, 3.8) is 0 Å². The second kappa shape index (κ2) is 10.9. The van der Waals surface area contributed by atoms with Crippen molar-refractivity contribution < 1.29 is 35.9 Å². The van der Waals surface area contributed by atoms with Crippen molar-refractivity contribution >= 4 is 27.3 Å². The fourth-order valence-electron chi connectivity index (χ4n) is 4.79. The molecule has 0 radical (unpaired) electrons. The molecule has 1 unspecified atom stereocenters. The average molecular weight is 566 g/mol. The summed E-state index contributed by atoms with van der Waals surface area (Å²) >= 11 is 0. The molecule has 0 aromatic heterocycles. The number of halogens is 4. The van der Waals surface area contributed by atoms with Crippen LogP contribution < -0.4 is 11.1 Å². The molecule has 1 amide bonds. The minimum absolute atomic E-state index is 0.0476. The van der Waals surface area contributed by atoms with E-state index in [2.05, 4.69) is 5.32 Å². The minimum atomic E-state index is -4.74. The zero-order chi connectivity index (χ0) is 28.4. The highest BCUT2D eigenvalue weighted by atomic mass is 32.2. The van der Waals surface area contributed by atoms with Gasteiger partial charge >= 0.3 is 6.18 Å². The summed E-state index contributed by atoms with van der Waals surface area (Å²) < 4.78 is 80.9. The molecule has 4 N–H and O–H groups in total. The minimum Gasteiger partial charge on any atom is -0.398 e. The summed E-state index contributed by atoms with van der Waals surface area (Å²) in [6.07, 6.45) is -4.73. The number of nitrogens with two attached hydrogens (primary N) is 1. The van der Waals surface area contributed by atoms with Gasteiger partial charge in [-0.05, 0) is 60.7 Å². The molecule has 1 aliphatic rings. The quantitative estimate of drug-likeness (QED) is 0.290. The topological polar surface area (TPSA) is 113 Å². The maximum atomic E-state index is 13.6. The lowest BCUT2D eigenvalue weighted by molar-refractivity contribution is -0.142. The number of rotatable bonds is 7. The molecule has 3 aromatic carbocycles. The Hall–Kier alpha value is -3.48. The van der Waals surface area contributed by atoms with Crippen molar-refractivity contribution in [1.29, 1.82) is 0 Å². The monoisotopic (exact) mass is 565 g/mol. The fourth-order valence-corrected chi connectivity index (χ4v) is 6.29. The van der Waals surface area contributed by atoms with Crippen LogP contribution in [0.1, 0.15) is 24.0 Å². The van der Waals surface area contributed by atoms with Crippen LogP contribution >= 0.6 is 0 Å². The normalized spacial score (nSPS) is 16.9. The van der Waals surface area contributed by atoms with E-state index < -0.39 is 50.7 Å². The molecule has 0 spiro atoms. The first kappa shape index (κ1) is 28.5. The van der Waals surface area contributed by atoms with Crippen molar-refractivity contribution in [1.82, 2.24) is 4.31 Å². The highest BCUT2D eigenvalue weighted by Gasteiger charge is 2.46. The summed E-state index contributed by atoms with van der Waals surface area (Å²) in [7, 11) is -4.01. The Bertz CT molecular complexity index is 1440. The van der Waals surface area contributed by atoms with E-state index in [1.165, 1.54) is 18.2 Å². The van der Waals surface area contributed by atoms with Gasteiger partial charge in [0.15, 0.2) is 0 Å². The van der Waals surface area contributed by atoms with Crippen LogP contribution in [0.15, 0.2) is 77.7 Å². The van der Waals surface area contributed by atoms with E-state index in [0.29, 0.717) is 11.6 Å². The summed E-state index contributed by atoms with van der Waals surface area (Å²) in [6.45, 7) is -0.0953. The lowest BCUT2D eigenvalue weighted by Gasteiger charge is -2.40. The second-order valence-corrected chi connectivity index (χ2v) is 11.4. The number of nitrogens with zero attached hydrogens (tertiary/aromatic N) is 1. The number of benzene rings is 3. The average Bonchev–Trinajstić information content (AvgIpc) is 2.89. The fraction of sp³-hybridized carbons (Fsp3) is 0.296. The van der Waals surface area contributed by atoms with Crippen LogP contribution in [0.3, 0.4) is 0 Å². The van der Waals surface area contributed by atoms with E-state index in [4.69, 9.17) is 5.73 Å². The summed E-state index contributed by atoms with van der Waals surface area (Å²) in [5.74, 6) is -2.35. The number of hydrogen-bond acceptors (Lipinski definition) is 5. The number of sulfonamides is 1. The molecule has 3 aromatic rings. The van der Waals surface area contributed by atoms with Gasteiger partial charge in [0, 0.05) is 30.9 Å². The molecular weight excluding hydrogens is 538 g/mol. The molecule has 7 nitrogen and oxygen atoms in total. The molecule has 1 aliphatic heterocycles. The summed E-state index contributed by atoms with van der Waals surface area (Å²) in [4.78, 5) is 13.3. The van der Waals surface area contributed by atoms with Gasteiger partial charge in [-0.25, -0.2) is 12.8 Å². The third-order valence-electron chi connectivity index (χ3n) is 6.89. The number of anilines is 2. The molecule has 0 bridgehead atoms. The highest BCUT2D eigenvalue weighted by molar-refractivity contribution is 7.89. The van der Waals surface area contributed by atoms with Crippen molar-refractivity contribution in [3.05, 3.63) is 89.7 Å². The van der Waals surface area contributed by atoms with Crippen LogP contribution in [0.5, 0.6) is 0 Å². The molecule has 12 heteroatoms. The number of carbonyl (C=O) groups excluding carboxylic acids is 1. The summed E-state index contributed by atoms with van der Waals surface area (Å²) in [5.41, 5.74) is 2.16. The standard InChI is InChI=1S/C27H27F4N3O4S/c28-20-7-4-8-22(15-20)39(37,38)34-13-11-19(12-14-34)26(36,17-18-5-2-1-3-6-18)25(35)33-21-9-10-24(32)23(16-21)27(29,30)31/h1-10,15-16,19,36H,11-14,17,32H2,(H,33,35). The van der Waals surface area contributed by atoms with Gasteiger partial charge in [0.2, 0.25) is 10.0 Å². The summed E-state index contributed by atoms with van der Waals surface area (Å²) in [5, 5.41) is 14.2. The smallest absolute Gasteiger partial charge is 0.398 e. The first-order valence-electron chi connectivity index (χ1n) is 12.1. The van der Waals surface area contributed by atoms with Crippen LogP contribution in [-0.4, -0.2) is 42.4 Å².